The Labute approximate surface area is 126 Å². The molecule has 21 heavy (non-hydrogen) atoms. The molecule has 3 saturated carbocycles. The van der Waals surface area contributed by atoms with Crippen molar-refractivity contribution in [3.8, 4) is 0 Å². The molecular weight excluding hydrogens is 260 g/mol. The monoisotopic (exact) mass is 284 g/mol. The van der Waals surface area contributed by atoms with Gasteiger partial charge in [0.05, 0.1) is 6.26 Å². The summed E-state index contributed by atoms with van der Waals surface area (Å²) in [5, 5.41) is 0. The summed E-state index contributed by atoms with van der Waals surface area (Å²) in [6.45, 7) is 2.53. The molecule has 1 spiro atoms. The summed E-state index contributed by atoms with van der Waals surface area (Å²) in [5.41, 5.74) is 2.25. The molecule has 0 unspecified atom stereocenters. The summed E-state index contributed by atoms with van der Waals surface area (Å²) in [5.74, 6) is 3.66. The van der Waals surface area contributed by atoms with Gasteiger partial charge in [-0.3, -0.25) is 4.79 Å². The minimum Gasteiger partial charge on any atom is -0.469 e. The molecule has 1 aromatic rings. The molecule has 0 aliphatic heterocycles. The first-order valence-corrected chi connectivity index (χ1v) is 8.71. The van der Waals surface area contributed by atoms with E-state index in [4.69, 9.17) is 4.42 Å². The summed E-state index contributed by atoms with van der Waals surface area (Å²) in [6.07, 6.45) is 11.3. The Kier molecular flexibility index (Phi) is 2.28. The van der Waals surface area contributed by atoms with E-state index in [0.29, 0.717) is 28.4 Å². The summed E-state index contributed by atoms with van der Waals surface area (Å²) in [6, 6.07) is 2.22. The highest BCUT2D eigenvalue weighted by molar-refractivity contribution is 5.84. The number of ketones is 1. The molecule has 4 aliphatic carbocycles. The molecule has 0 saturated heterocycles. The maximum atomic E-state index is 12.3. The van der Waals surface area contributed by atoms with Crippen molar-refractivity contribution in [1.29, 1.82) is 0 Å². The fourth-order valence-corrected chi connectivity index (χ4v) is 6.88. The van der Waals surface area contributed by atoms with Gasteiger partial charge in [0.1, 0.15) is 11.5 Å². The second-order valence-corrected chi connectivity index (χ2v) is 8.43. The van der Waals surface area contributed by atoms with E-state index in [1.807, 2.05) is 6.26 Å². The third-order valence-corrected chi connectivity index (χ3v) is 7.75. The summed E-state index contributed by atoms with van der Waals surface area (Å²) in [7, 11) is 0. The van der Waals surface area contributed by atoms with Crippen LogP contribution >= 0.6 is 0 Å². The quantitative estimate of drug-likeness (QED) is 0.703. The first-order chi connectivity index (χ1) is 10.1. The van der Waals surface area contributed by atoms with Gasteiger partial charge in [0.25, 0.3) is 0 Å². The number of carbonyl (C=O) groups excluding carboxylic acids is 1. The van der Waals surface area contributed by atoms with Gasteiger partial charge in [-0.1, -0.05) is 6.92 Å². The van der Waals surface area contributed by atoms with Crippen molar-refractivity contribution >= 4 is 5.78 Å². The van der Waals surface area contributed by atoms with Gasteiger partial charge in [-0.15, -0.1) is 0 Å². The lowest BCUT2D eigenvalue weighted by atomic mass is 9.45. The van der Waals surface area contributed by atoms with Crippen molar-refractivity contribution in [2.24, 2.45) is 22.7 Å². The molecule has 2 heteroatoms. The largest absolute Gasteiger partial charge is 0.469 e. The smallest absolute Gasteiger partial charge is 0.136 e. The molecule has 112 valence electrons. The number of fused-ring (bicyclic) bond motifs is 5. The van der Waals surface area contributed by atoms with Crippen molar-refractivity contribution in [1.82, 2.24) is 0 Å². The van der Waals surface area contributed by atoms with E-state index in [-0.39, 0.29) is 0 Å². The number of hydrogen-bond acceptors (Lipinski definition) is 2. The number of rotatable bonds is 0. The zero-order chi connectivity index (χ0) is 14.2. The van der Waals surface area contributed by atoms with E-state index in [1.165, 1.54) is 43.4 Å². The molecule has 4 aliphatic rings. The Balaban J connectivity index is 1.60. The van der Waals surface area contributed by atoms with Crippen LogP contribution in [0.1, 0.15) is 69.1 Å². The van der Waals surface area contributed by atoms with Crippen molar-refractivity contribution in [3.05, 3.63) is 23.7 Å². The van der Waals surface area contributed by atoms with Gasteiger partial charge in [0, 0.05) is 18.8 Å². The van der Waals surface area contributed by atoms with E-state index < -0.39 is 0 Å². The average molecular weight is 284 g/mol. The van der Waals surface area contributed by atoms with Gasteiger partial charge in [0.15, 0.2) is 0 Å². The molecule has 1 heterocycles. The Morgan fingerprint density at radius 3 is 3.05 bits per heavy atom. The molecule has 0 radical (unpaired) electrons. The maximum absolute atomic E-state index is 12.3. The molecule has 2 bridgehead atoms. The Morgan fingerprint density at radius 2 is 2.14 bits per heavy atom. The number of hydrogen-bond donors (Lipinski definition) is 0. The van der Waals surface area contributed by atoms with Crippen molar-refractivity contribution < 1.29 is 9.21 Å². The molecule has 0 N–H and O–H groups in total. The van der Waals surface area contributed by atoms with Crippen LogP contribution in [0.25, 0.3) is 0 Å². The van der Waals surface area contributed by atoms with Crippen LogP contribution in [0.2, 0.25) is 0 Å². The first-order valence-electron chi connectivity index (χ1n) is 8.71. The van der Waals surface area contributed by atoms with Crippen LogP contribution in [0.15, 0.2) is 16.7 Å². The molecule has 1 aromatic heterocycles. The van der Waals surface area contributed by atoms with E-state index in [2.05, 4.69) is 13.0 Å². The molecule has 5 rings (SSSR count). The van der Waals surface area contributed by atoms with Crippen LogP contribution in [-0.4, -0.2) is 5.78 Å². The topological polar surface area (TPSA) is 30.2 Å². The van der Waals surface area contributed by atoms with Crippen LogP contribution < -0.4 is 0 Å². The van der Waals surface area contributed by atoms with Crippen LogP contribution in [0.3, 0.4) is 0 Å². The Bertz CT molecular complexity index is 615. The van der Waals surface area contributed by atoms with Gasteiger partial charge < -0.3 is 4.42 Å². The van der Waals surface area contributed by atoms with Gasteiger partial charge >= 0.3 is 0 Å². The summed E-state index contributed by atoms with van der Waals surface area (Å²) >= 11 is 0. The number of Topliss-reactive ketones (excluding diaryl/α,β-unsaturated/α-hetero) is 1. The lowest BCUT2D eigenvalue weighted by Crippen LogP contribution is -2.50. The third-order valence-electron chi connectivity index (χ3n) is 7.75. The molecule has 3 fully saturated rings. The third kappa shape index (κ3) is 1.42. The van der Waals surface area contributed by atoms with Gasteiger partial charge in [-0.25, -0.2) is 0 Å². The van der Waals surface area contributed by atoms with Gasteiger partial charge in [-0.2, -0.15) is 0 Å². The molecule has 0 amide bonds. The van der Waals surface area contributed by atoms with Gasteiger partial charge in [-0.05, 0) is 72.8 Å². The van der Waals surface area contributed by atoms with Crippen molar-refractivity contribution in [3.63, 3.8) is 0 Å². The fourth-order valence-electron chi connectivity index (χ4n) is 6.88. The van der Waals surface area contributed by atoms with E-state index in [0.717, 1.165) is 25.2 Å². The minimum absolute atomic E-state index is 0.368. The predicted molar refractivity (Wildman–Crippen MR) is 80.0 cm³/mol. The SMILES string of the molecule is C[C@@]12CCc3occc3[C@H]1CC[C@]13CC(=O)[C@@H](CC[C@H]12)C3. The van der Waals surface area contributed by atoms with Crippen molar-refractivity contribution in [2.75, 3.05) is 0 Å². The van der Waals surface area contributed by atoms with E-state index >= 15 is 0 Å². The lowest BCUT2D eigenvalue weighted by molar-refractivity contribution is -0.121. The standard InChI is InChI=1S/C19H24O2/c1-18-7-5-16-13(6-9-21-16)14(18)4-8-19-10-12(15(20)11-19)2-3-17(18)19/h6,9,12,14,17H,2-5,7-8,10-11H2,1H3/t12-,14+,17-,18+,19-/m0/s1. The number of aryl methyl sites for hydroxylation is 1. The highest BCUT2D eigenvalue weighted by atomic mass is 16.3. The zero-order valence-corrected chi connectivity index (χ0v) is 12.9. The predicted octanol–water partition coefficient (Wildman–Crippen LogP) is 4.49. The molecule has 5 atom stereocenters. The first kappa shape index (κ1) is 12.5. The van der Waals surface area contributed by atoms with Crippen LogP contribution in [-0.2, 0) is 11.2 Å². The maximum Gasteiger partial charge on any atom is 0.136 e. The summed E-state index contributed by atoms with van der Waals surface area (Å²) in [4.78, 5) is 12.3. The molecular formula is C19H24O2. The highest BCUT2D eigenvalue weighted by Crippen LogP contribution is 2.69. The number of furan rings is 1. The Morgan fingerprint density at radius 1 is 1.24 bits per heavy atom. The minimum atomic E-state index is 0.368. The van der Waals surface area contributed by atoms with E-state index in [9.17, 15) is 4.79 Å². The second kappa shape index (κ2) is 3.83. The Hall–Kier alpha value is -1.05. The van der Waals surface area contributed by atoms with Crippen molar-refractivity contribution in [2.45, 2.75) is 64.2 Å². The van der Waals surface area contributed by atoms with Crippen LogP contribution in [0.4, 0.5) is 0 Å². The van der Waals surface area contributed by atoms with E-state index in [1.54, 1.807) is 0 Å². The molecule has 0 aromatic carbocycles. The van der Waals surface area contributed by atoms with Gasteiger partial charge in [0.2, 0.25) is 0 Å². The normalized spacial score (nSPS) is 47.7. The molecule has 2 nitrogen and oxygen atoms in total. The zero-order valence-electron chi connectivity index (χ0n) is 12.9. The van der Waals surface area contributed by atoms with Crippen LogP contribution in [0.5, 0.6) is 0 Å². The van der Waals surface area contributed by atoms with Crippen LogP contribution in [0, 0.1) is 22.7 Å². The average Bonchev–Trinajstić information content (AvgIpc) is 3.02. The summed E-state index contributed by atoms with van der Waals surface area (Å²) < 4.78 is 5.71. The fraction of sp³-hybridized carbons (Fsp3) is 0.737. The highest BCUT2D eigenvalue weighted by Gasteiger charge is 2.62. The second-order valence-electron chi connectivity index (χ2n) is 8.43. The number of carbonyl (C=O) groups is 1. The lowest BCUT2D eigenvalue weighted by Gasteiger charge is -2.59.